The molecule has 4 nitrogen and oxygen atoms in total. The highest BCUT2D eigenvalue weighted by molar-refractivity contribution is 5.77. The molecule has 0 radical (unpaired) electrons. The largest absolute Gasteiger partial charge is 0.489 e. The summed E-state index contributed by atoms with van der Waals surface area (Å²) in [7, 11) is 1.55. The second-order valence-electron chi connectivity index (χ2n) is 4.35. The molecular formula is C16H16FNO3. The van der Waals surface area contributed by atoms with Crippen LogP contribution in [0.4, 0.5) is 4.39 Å². The van der Waals surface area contributed by atoms with Crippen LogP contribution in [0.5, 0.6) is 11.5 Å². The summed E-state index contributed by atoms with van der Waals surface area (Å²) in [6, 6.07) is 13.1. The lowest BCUT2D eigenvalue weighted by atomic mass is 10.2. The number of carbonyl (C=O) groups excluding carboxylic acids is 1. The van der Waals surface area contributed by atoms with Gasteiger partial charge in [0.15, 0.2) is 6.61 Å². The van der Waals surface area contributed by atoms with Gasteiger partial charge in [0.1, 0.15) is 23.9 Å². The van der Waals surface area contributed by atoms with Gasteiger partial charge in [-0.3, -0.25) is 4.79 Å². The molecule has 2 aromatic rings. The van der Waals surface area contributed by atoms with E-state index in [0.717, 1.165) is 5.56 Å². The number of hydrogen-bond donors (Lipinski definition) is 1. The van der Waals surface area contributed by atoms with Crippen molar-refractivity contribution in [3.63, 3.8) is 0 Å². The van der Waals surface area contributed by atoms with Crippen molar-refractivity contribution in [1.29, 1.82) is 0 Å². The second-order valence-corrected chi connectivity index (χ2v) is 4.35. The minimum absolute atomic E-state index is 0.0215. The molecule has 0 fully saturated rings. The van der Waals surface area contributed by atoms with E-state index < -0.39 is 0 Å². The number of ether oxygens (including phenoxy) is 2. The van der Waals surface area contributed by atoms with Crippen LogP contribution in [0.1, 0.15) is 5.56 Å². The van der Waals surface area contributed by atoms with Crippen molar-refractivity contribution in [2.24, 2.45) is 0 Å². The van der Waals surface area contributed by atoms with E-state index in [1.807, 2.05) is 0 Å². The summed E-state index contributed by atoms with van der Waals surface area (Å²) in [5.74, 6) is 0.808. The van der Waals surface area contributed by atoms with Crippen LogP contribution < -0.4 is 14.8 Å². The first-order valence-corrected chi connectivity index (χ1v) is 6.48. The normalized spacial score (nSPS) is 10.0. The van der Waals surface area contributed by atoms with Crippen LogP contribution in [-0.2, 0) is 11.4 Å². The molecule has 0 unspecified atom stereocenters. The van der Waals surface area contributed by atoms with Crippen molar-refractivity contribution >= 4 is 5.91 Å². The van der Waals surface area contributed by atoms with E-state index >= 15 is 0 Å². The number of likely N-dealkylation sites (N-methyl/N-ethyl adjacent to an activating group) is 1. The molecule has 1 amide bonds. The predicted molar refractivity (Wildman–Crippen MR) is 76.7 cm³/mol. The minimum Gasteiger partial charge on any atom is -0.489 e. The molecule has 0 saturated carbocycles. The third-order valence-electron chi connectivity index (χ3n) is 2.79. The van der Waals surface area contributed by atoms with Crippen LogP contribution >= 0.6 is 0 Å². The first-order chi connectivity index (χ1) is 10.2. The first kappa shape index (κ1) is 14.8. The van der Waals surface area contributed by atoms with Crippen molar-refractivity contribution in [3.05, 3.63) is 59.9 Å². The number of hydrogen-bond acceptors (Lipinski definition) is 3. The van der Waals surface area contributed by atoms with Crippen LogP contribution in [0.15, 0.2) is 48.5 Å². The highest BCUT2D eigenvalue weighted by Crippen LogP contribution is 2.18. The fourth-order valence-corrected chi connectivity index (χ4v) is 1.60. The Morgan fingerprint density at radius 2 is 1.57 bits per heavy atom. The van der Waals surface area contributed by atoms with Gasteiger partial charge in [0.25, 0.3) is 5.91 Å². The van der Waals surface area contributed by atoms with Gasteiger partial charge < -0.3 is 14.8 Å². The lowest BCUT2D eigenvalue weighted by molar-refractivity contribution is -0.122. The van der Waals surface area contributed by atoms with E-state index in [2.05, 4.69) is 5.32 Å². The molecule has 0 spiro atoms. The summed E-state index contributed by atoms with van der Waals surface area (Å²) < 4.78 is 23.6. The van der Waals surface area contributed by atoms with E-state index in [0.29, 0.717) is 18.1 Å². The van der Waals surface area contributed by atoms with E-state index in [-0.39, 0.29) is 18.3 Å². The summed E-state index contributed by atoms with van der Waals surface area (Å²) in [6.07, 6.45) is 0. The summed E-state index contributed by atoms with van der Waals surface area (Å²) >= 11 is 0. The van der Waals surface area contributed by atoms with Crippen molar-refractivity contribution in [2.75, 3.05) is 13.7 Å². The standard InChI is InChI=1S/C16H16FNO3/c1-18-16(19)11-21-15-8-6-14(7-9-15)20-10-12-2-4-13(17)5-3-12/h2-9H,10-11H2,1H3,(H,18,19). The number of halogens is 1. The average Bonchev–Trinajstić information content (AvgIpc) is 2.53. The van der Waals surface area contributed by atoms with Gasteiger partial charge >= 0.3 is 0 Å². The van der Waals surface area contributed by atoms with Crippen LogP contribution in [0.2, 0.25) is 0 Å². The molecule has 0 aliphatic carbocycles. The number of nitrogens with one attached hydrogen (secondary N) is 1. The fourth-order valence-electron chi connectivity index (χ4n) is 1.60. The molecule has 0 aliphatic heterocycles. The molecule has 5 heteroatoms. The van der Waals surface area contributed by atoms with Gasteiger partial charge in [-0.15, -0.1) is 0 Å². The number of benzene rings is 2. The Balaban J connectivity index is 1.84. The van der Waals surface area contributed by atoms with E-state index in [1.165, 1.54) is 12.1 Å². The van der Waals surface area contributed by atoms with Crippen LogP contribution in [-0.4, -0.2) is 19.6 Å². The quantitative estimate of drug-likeness (QED) is 0.889. The lowest BCUT2D eigenvalue weighted by Gasteiger charge is -2.08. The summed E-state index contributed by atoms with van der Waals surface area (Å²) in [4.78, 5) is 11.0. The molecule has 0 aliphatic rings. The van der Waals surface area contributed by atoms with Crippen LogP contribution in [0.25, 0.3) is 0 Å². The molecular weight excluding hydrogens is 273 g/mol. The molecule has 0 bridgehead atoms. The number of rotatable bonds is 6. The number of amides is 1. The van der Waals surface area contributed by atoms with Gasteiger partial charge in [-0.2, -0.15) is 0 Å². The Bertz CT molecular complexity index is 581. The maximum absolute atomic E-state index is 12.8. The van der Waals surface area contributed by atoms with Gasteiger partial charge in [-0.05, 0) is 42.0 Å². The topological polar surface area (TPSA) is 47.6 Å². The zero-order valence-corrected chi connectivity index (χ0v) is 11.6. The Kier molecular flexibility index (Phi) is 5.15. The Morgan fingerprint density at radius 3 is 2.14 bits per heavy atom. The maximum atomic E-state index is 12.8. The van der Waals surface area contributed by atoms with Crippen LogP contribution in [0, 0.1) is 5.82 Å². The Morgan fingerprint density at radius 1 is 1.00 bits per heavy atom. The Hall–Kier alpha value is -2.56. The Labute approximate surface area is 122 Å². The van der Waals surface area contributed by atoms with Gasteiger partial charge in [-0.1, -0.05) is 12.1 Å². The van der Waals surface area contributed by atoms with E-state index in [9.17, 15) is 9.18 Å². The third kappa shape index (κ3) is 4.80. The van der Waals surface area contributed by atoms with Crippen LogP contribution in [0.3, 0.4) is 0 Å². The summed E-state index contributed by atoms with van der Waals surface area (Å²) in [5.41, 5.74) is 0.886. The molecule has 0 atom stereocenters. The molecule has 2 rings (SSSR count). The second kappa shape index (κ2) is 7.28. The van der Waals surface area contributed by atoms with Gasteiger partial charge in [0, 0.05) is 7.05 Å². The van der Waals surface area contributed by atoms with E-state index in [4.69, 9.17) is 9.47 Å². The highest BCUT2D eigenvalue weighted by Gasteiger charge is 2.01. The van der Waals surface area contributed by atoms with Crippen molar-refractivity contribution in [2.45, 2.75) is 6.61 Å². The highest BCUT2D eigenvalue weighted by atomic mass is 19.1. The van der Waals surface area contributed by atoms with Gasteiger partial charge in [0.05, 0.1) is 0 Å². The molecule has 0 aromatic heterocycles. The molecule has 2 aromatic carbocycles. The van der Waals surface area contributed by atoms with E-state index in [1.54, 1.807) is 43.4 Å². The molecule has 1 N–H and O–H groups in total. The first-order valence-electron chi connectivity index (χ1n) is 6.48. The zero-order chi connectivity index (χ0) is 15.1. The lowest BCUT2D eigenvalue weighted by Crippen LogP contribution is -2.24. The minimum atomic E-state index is -0.267. The SMILES string of the molecule is CNC(=O)COc1ccc(OCc2ccc(F)cc2)cc1. The summed E-state index contributed by atoms with van der Waals surface area (Å²) in [6.45, 7) is 0.338. The third-order valence-corrected chi connectivity index (χ3v) is 2.79. The summed E-state index contributed by atoms with van der Waals surface area (Å²) in [5, 5.41) is 2.47. The molecule has 21 heavy (non-hydrogen) atoms. The van der Waals surface area contributed by atoms with Gasteiger partial charge in [-0.25, -0.2) is 4.39 Å². The van der Waals surface area contributed by atoms with Crippen molar-refractivity contribution in [1.82, 2.24) is 5.32 Å². The molecule has 110 valence electrons. The maximum Gasteiger partial charge on any atom is 0.257 e. The monoisotopic (exact) mass is 289 g/mol. The average molecular weight is 289 g/mol. The molecule has 0 saturated heterocycles. The zero-order valence-electron chi connectivity index (χ0n) is 11.6. The van der Waals surface area contributed by atoms with Crippen molar-refractivity contribution < 1.29 is 18.7 Å². The number of carbonyl (C=O) groups is 1. The fraction of sp³-hybridized carbons (Fsp3) is 0.188. The smallest absolute Gasteiger partial charge is 0.257 e. The van der Waals surface area contributed by atoms with Crippen molar-refractivity contribution in [3.8, 4) is 11.5 Å². The molecule has 0 heterocycles. The predicted octanol–water partition coefficient (Wildman–Crippen LogP) is 2.53. The van der Waals surface area contributed by atoms with Gasteiger partial charge in [0.2, 0.25) is 0 Å².